The van der Waals surface area contributed by atoms with Crippen LogP contribution >= 0.6 is 0 Å². The lowest BCUT2D eigenvalue weighted by atomic mass is 10.0. The van der Waals surface area contributed by atoms with Gasteiger partial charge in [-0.1, -0.05) is 24.0 Å². The van der Waals surface area contributed by atoms with Gasteiger partial charge < -0.3 is 30.9 Å². The lowest BCUT2D eigenvalue weighted by Crippen LogP contribution is -2.44. The van der Waals surface area contributed by atoms with Crippen molar-refractivity contribution in [2.24, 2.45) is 7.05 Å². The summed E-state index contributed by atoms with van der Waals surface area (Å²) in [5, 5.41) is 14.5. The van der Waals surface area contributed by atoms with Crippen LogP contribution in [0.1, 0.15) is 38.3 Å². The third-order valence-electron chi connectivity index (χ3n) is 8.81. The number of carbonyl (C=O) groups excluding carboxylic acids is 2. The van der Waals surface area contributed by atoms with Crippen LogP contribution in [0, 0.1) is 11.8 Å². The number of rotatable bonds is 5. The second kappa shape index (κ2) is 14.1. The second-order valence-corrected chi connectivity index (χ2v) is 12.3. The number of nitrogens with two attached hydrogens (primary N) is 1. The van der Waals surface area contributed by atoms with E-state index in [2.05, 4.69) is 37.3 Å². The van der Waals surface area contributed by atoms with Crippen LogP contribution < -0.4 is 16.4 Å². The molecule has 13 nitrogen and oxygen atoms in total. The fourth-order valence-corrected chi connectivity index (χ4v) is 6.10. The third-order valence-corrected chi connectivity index (χ3v) is 8.81. The number of carboxylic acid groups (broad SMARTS) is 1. The highest BCUT2D eigenvalue weighted by Gasteiger charge is 2.35. The molecule has 2 aliphatic rings. The van der Waals surface area contributed by atoms with Gasteiger partial charge in [0.25, 0.3) is 5.91 Å². The first kappa shape index (κ1) is 34.9. The molecule has 4 heterocycles. The Kier molecular flexibility index (Phi) is 9.68. The predicted molar refractivity (Wildman–Crippen MR) is 183 cm³/mol. The first-order valence-corrected chi connectivity index (χ1v) is 15.9. The van der Waals surface area contributed by atoms with Gasteiger partial charge in [0.05, 0.1) is 22.4 Å². The molecule has 5 N–H and O–H groups in total. The number of carbonyl (C=O) groups is 3. The van der Waals surface area contributed by atoms with Crippen molar-refractivity contribution in [3.63, 3.8) is 0 Å². The van der Waals surface area contributed by atoms with E-state index in [1.165, 1.54) is 18.3 Å². The van der Waals surface area contributed by atoms with Crippen LogP contribution in [0.5, 0.6) is 0 Å². The van der Waals surface area contributed by atoms with Crippen molar-refractivity contribution in [2.75, 3.05) is 56.1 Å². The molecule has 2 aromatic carbocycles. The number of halogens is 3. The Bertz CT molecular complexity index is 2080. The average molecular weight is 702 g/mol. The van der Waals surface area contributed by atoms with Gasteiger partial charge >= 0.3 is 18.3 Å². The van der Waals surface area contributed by atoms with E-state index in [0.717, 1.165) is 24.1 Å². The summed E-state index contributed by atoms with van der Waals surface area (Å²) in [6, 6.07) is 11.2. The van der Waals surface area contributed by atoms with E-state index in [-0.39, 0.29) is 35.9 Å². The zero-order valence-corrected chi connectivity index (χ0v) is 27.7. The van der Waals surface area contributed by atoms with Gasteiger partial charge in [0.2, 0.25) is 5.95 Å². The normalized spacial score (nSPS) is 15.2. The molecule has 0 aliphatic carbocycles. The molecule has 0 spiro atoms. The molecule has 2 aromatic heterocycles. The highest BCUT2D eigenvalue weighted by Crippen LogP contribution is 2.35. The standard InChI is InChI=1S/C35H34F3N9O4/c1-44-12-14-46(15-13-44)20-23-8-9-25(17-27(23)35(36,37)38)42-33(49)41-24-5-3-4-21(16-24)6-7-22-19-40-32(39)43-30(22)29-18-26-28(45(29)2)10-11-47(31(26)48)34(50)51/h3-5,8-9,16-19H,10-15,20H2,1-2H3,(H,50,51)(H2,39,40,43)(H2,41,42,49). The van der Waals surface area contributed by atoms with Gasteiger partial charge in [0, 0.05) is 81.6 Å². The number of benzene rings is 2. The van der Waals surface area contributed by atoms with Gasteiger partial charge in [0.15, 0.2) is 0 Å². The van der Waals surface area contributed by atoms with Gasteiger partial charge in [0.1, 0.15) is 5.69 Å². The number of imide groups is 1. The molecule has 6 rings (SSSR count). The number of nitrogen functional groups attached to an aromatic ring is 1. The van der Waals surface area contributed by atoms with Gasteiger partial charge in [-0.15, -0.1) is 0 Å². The van der Waals surface area contributed by atoms with Crippen LogP contribution in [-0.2, 0) is 26.2 Å². The number of nitrogens with zero attached hydrogens (tertiary/aromatic N) is 6. The number of urea groups is 1. The van der Waals surface area contributed by atoms with Crippen molar-refractivity contribution in [2.45, 2.75) is 19.1 Å². The summed E-state index contributed by atoms with van der Waals surface area (Å²) in [4.78, 5) is 50.5. The number of aromatic nitrogens is 3. The van der Waals surface area contributed by atoms with Gasteiger partial charge in [-0.2, -0.15) is 13.2 Å². The number of amides is 4. The maximum Gasteiger partial charge on any atom is 0.416 e. The molecule has 4 aromatic rings. The van der Waals surface area contributed by atoms with E-state index in [4.69, 9.17) is 5.73 Å². The maximum atomic E-state index is 14.0. The molecular weight excluding hydrogens is 667 g/mol. The van der Waals surface area contributed by atoms with E-state index < -0.39 is 29.8 Å². The fraction of sp³-hybridized carbons (Fsp3) is 0.286. The summed E-state index contributed by atoms with van der Waals surface area (Å²) in [7, 11) is 3.71. The van der Waals surface area contributed by atoms with Gasteiger partial charge in [-0.05, 0) is 49.0 Å². The Morgan fingerprint density at radius 3 is 2.41 bits per heavy atom. The summed E-state index contributed by atoms with van der Waals surface area (Å²) in [5.41, 5.74) is 8.15. The van der Waals surface area contributed by atoms with E-state index in [9.17, 15) is 32.7 Å². The van der Waals surface area contributed by atoms with Crippen LogP contribution in [0.2, 0.25) is 0 Å². The highest BCUT2D eigenvalue weighted by atomic mass is 19.4. The van der Waals surface area contributed by atoms with E-state index in [0.29, 0.717) is 53.4 Å². The molecule has 1 fully saturated rings. The minimum atomic E-state index is -4.60. The zero-order valence-electron chi connectivity index (χ0n) is 27.7. The van der Waals surface area contributed by atoms with Crippen molar-refractivity contribution in [3.8, 4) is 23.2 Å². The van der Waals surface area contributed by atoms with E-state index in [1.54, 1.807) is 41.9 Å². The van der Waals surface area contributed by atoms with Crippen LogP contribution in [0.4, 0.5) is 40.1 Å². The number of fused-ring (bicyclic) bond motifs is 1. The van der Waals surface area contributed by atoms with E-state index in [1.807, 2.05) is 11.9 Å². The minimum Gasteiger partial charge on any atom is -0.465 e. The summed E-state index contributed by atoms with van der Waals surface area (Å²) in [6.45, 7) is 3.07. The average Bonchev–Trinajstić information content (AvgIpc) is 3.42. The van der Waals surface area contributed by atoms with Crippen LogP contribution in [0.15, 0.2) is 54.7 Å². The van der Waals surface area contributed by atoms with Gasteiger partial charge in [-0.25, -0.2) is 24.5 Å². The molecule has 1 saturated heterocycles. The second-order valence-electron chi connectivity index (χ2n) is 12.3. The molecule has 0 radical (unpaired) electrons. The Labute approximate surface area is 290 Å². The maximum absolute atomic E-state index is 14.0. The molecule has 4 amide bonds. The Morgan fingerprint density at radius 1 is 0.980 bits per heavy atom. The fourth-order valence-electron chi connectivity index (χ4n) is 6.10. The minimum absolute atomic E-state index is 0.00602. The summed E-state index contributed by atoms with van der Waals surface area (Å²) in [6.07, 6.45) is -4.17. The summed E-state index contributed by atoms with van der Waals surface area (Å²) < 4.78 is 43.8. The van der Waals surface area contributed by atoms with E-state index >= 15 is 0 Å². The number of likely N-dealkylation sites (N-methyl/N-ethyl adjacent to an activating group) is 1. The number of hydrogen-bond donors (Lipinski definition) is 4. The predicted octanol–water partition coefficient (Wildman–Crippen LogP) is 4.55. The number of hydrogen-bond acceptors (Lipinski definition) is 8. The molecule has 51 heavy (non-hydrogen) atoms. The quantitative estimate of drug-likeness (QED) is 0.219. The number of alkyl halides is 3. The third kappa shape index (κ3) is 7.79. The zero-order chi connectivity index (χ0) is 36.4. The number of piperazine rings is 1. The SMILES string of the molecule is CN1CCN(Cc2ccc(NC(=O)Nc3cccc(C#Cc4cnc(N)nc4-c4cc5c(n4C)CCN(C(=O)O)C5=O)c3)cc2C(F)(F)F)CC1. The van der Waals surface area contributed by atoms with Crippen LogP contribution in [0.3, 0.4) is 0 Å². The van der Waals surface area contributed by atoms with Crippen molar-refractivity contribution < 1.29 is 32.7 Å². The molecule has 16 heteroatoms. The molecule has 264 valence electrons. The number of nitrogens with one attached hydrogen (secondary N) is 2. The molecule has 0 unspecified atom stereocenters. The highest BCUT2D eigenvalue weighted by molar-refractivity contribution is 6.05. The lowest BCUT2D eigenvalue weighted by molar-refractivity contribution is -0.138. The van der Waals surface area contributed by atoms with Crippen molar-refractivity contribution in [1.82, 2.24) is 29.2 Å². The first-order chi connectivity index (χ1) is 24.3. The smallest absolute Gasteiger partial charge is 0.416 e. The van der Waals surface area contributed by atoms with Gasteiger partial charge in [-0.3, -0.25) is 9.69 Å². The molecule has 0 saturated carbocycles. The van der Waals surface area contributed by atoms with Crippen molar-refractivity contribution in [1.29, 1.82) is 0 Å². The van der Waals surface area contributed by atoms with Crippen LogP contribution in [-0.4, -0.2) is 92.1 Å². The largest absolute Gasteiger partial charge is 0.465 e. The topological polar surface area (TPSA) is 162 Å². The lowest BCUT2D eigenvalue weighted by Gasteiger charge is -2.33. The molecule has 2 aliphatic heterocycles. The first-order valence-electron chi connectivity index (χ1n) is 15.9. The number of anilines is 3. The monoisotopic (exact) mass is 701 g/mol. The Morgan fingerprint density at radius 2 is 1.71 bits per heavy atom. The van der Waals surface area contributed by atoms with Crippen LogP contribution in [0.25, 0.3) is 11.4 Å². The molecule has 0 bridgehead atoms. The van der Waals surface area contributed by atoms with Crippen molar-refractivity contribution >= 4 is 35.4 Å². The summed E-state index contributed by atoms with van der Waals surface area (Å²) in [5.74, 6) is 5.34. The molecular formula is C35H34F3N9O4. The summed E-state index contributed by atoms with van der Waals surface area (Å²) >= 11 is 0. The Balaban J connectivity index is 1.18. The van der Waals surface area contributed by atoms with Crippen molar-refractivity contribution in [3.05, 3.63) is 88.2 Å². The Hall–Kier alpha value is -5.92. The molecule has 0 atom stereocenters.